The van der Waals surface area contributed by atoms with Gasteiger partial charge in [-0.2, -0.15) is 0 Å². The van der Waals surface area contributed by atoms with E-state index < -0.39 is 21.7 Å². The highest BCUT2D eigenvalue weighted by atomic mass is 32.2. The Labute approximate surface area is 138 Å². The van der Waals surface area contributed by atoms with Gasteiger partial charge >= 0.3 is 0 Å². The molecule has 0 spiro atoms. The van der Waals surface area contributed by atoms with E-state index in [-0.39, 0.29) is 11.0 Å². The van der Waals surface area contributed by atoms with Crippen LogP contribution in [0.3, 0.4) is 0 Å². The van der Waals surface area contributed by atoms with Crippen LogP contribution in [0, 0.1) is 5.92 Å². The molecule has 0 heterocycles. The molecule has 1 fully saturated rings. The Hall–Kier alpha value is -1.40. The molecule has 23 heavy (non-hydrogen) atoms. The van der Waals surface area contributed by atoms with Gasteiger partial charge in [-0.15, -0.1) is 0 Å². The normalized spacial score (nSPS) is 17.1. The molecule has 6 heteroatoms. The fourth-order valence-electron chi connectivity index (χ4n) is 3.24. The molecular formula is C17H25NO4S. The van der Waals surface area contributed by atoms with Crippen LogP contribution in [0.15, 0.2) is 30.3 Å². The van der Waals surface area contributed by atoms with Crippen molar-refractivity contribution in [1.82, 2.24) is 5.48 Å². The maximum absolute atomic E-state index is 12.4. The molecule has 0 saturated heterocycles. The average molecular weight is 339 g/mol. The van der Waals surface area contributed by atoms with Gasteiger partial charge in [0.05, 0.1) is 16.9 Å². The molecule has 1 amide bonds. The third kappa shape index (κ3) is 5.32. The van der Waals surface area contributed by atoms with Gasteiger partial charge in [-0.3, -0.25) is 10.0 Å². The molecule has 1 aromatic rings. The van der Waals surface area contributed by atoms with Crippen molar-refractivity contribution in [3.05, 3.63) is 35.9 Å². The summed E-state index contributed by atoms with van der Waals surface area (Å²) in [5.74, 6) is -1.45. The smallest absolute Gasteiger partial charge is 0.247 e. The lowest BCUT2D eigenvalue weighted by molar-refractivity contribution is -0.132. The summed E-state index contributed by atoms with van der Waals surface area (Å²) in [6.45, 7) is 0. The molecule has 1 saturated carbocycles. The number of sulfone groups is 1. The van der Waals surface area contributed by atoms with Crippen LogP contribution in [0.2, 0.25) is 0 Å². The van der Waals surface area contributed by atoms with E-state index in [1.54, 1.807) is 5.48 Å². The molecule has 0 aromatic heterocycles. The molecule has 1 atom stereocenters. The molecule has 1 aromatic carbocycles. The Morgan fingerprint density at radius 3 is 2.48 bits per heavy atom. The van der Waals surface area contributed by atoms with Crippen LogP contribution >= 0.6 is 0 Å². The maximum atomic E-state index is 12.4. The minimum Gasteiger partial charge on any atom is -0.289 e. The second kappa shape index (κ2) is 8.45. The Morgan fingerprint density at radius 1 is 1.22 bits per heavy atom. The number of rotatable bonds is 8. The van der Waals surface area contributed by atoms with Crippen LogP contribution in [-0.2, 0) is 21.1 Å². The van der Waals surface area contributed by atoms with E-state index in [4.69, 9.17) is 5.21 Å². The van der Waals surface area contributed by atoms with Gasteiger partial charge in [0.25, 0.3) is 0 Å². The number of hydrogen-bond donors (Lipinski definition) is 2. The van der Waals surface area contributed by atoms with Gasteiger partial charge in [0, 0.05) is 0 Å². The second-order valence-corrected chi connectivity index (χ2v) is 8.61. The van der Waals surface area contributed by atoms with Gasteiger partial charge in [-0.25, -0.2) is 13.9 Å². The fourth-order valence-corrected chi connectivity index (χ4v) is 5.45. The third-order valence-electron chi connectivity index (χ3n) is 4.59. The van der Waals surface area contributed by atoms with Crippen molar-refractivity contribution >= 4 is 15.7 Å². The van der Waals surface area contributed by atoms with Crippen molar-refractivity contribution in [2.24, 2.45) is 5.92 Å². The Bertz CT molecular complexity index is 594. The monoisotopic (exact) mass is 339 g/mol. The number of nitrogens with one attached hydrogen (secondary N) is 1. The standard InChI is InChI=1S/C17H25NO4S/c19-17(18-20)15(10-6-9-14-7-2-1-3-8-14)13-23(21,22)16-11-4-5-12-16/h1-3,7-8,15-16,20H,4-6,9-13H2,(H,18,19). The van der Waals surface area contributed by atoms with E-state index in [0.717, 1.165) is 24.8 Å². The summed E-state index contributed by atoms with van der Waals surface area (Å²) in [4.78, 5) is 11.8. The van der Waals surface area contributed by atoms with Crippen LogP contribution in [0.1, 0.15) is 44.1 Å². The van der Waals surface area contributed by atoms with Crippen molar-refractivity contribution in [1.29, 1.82) is 0 Å². The van der Waals surface area contributed by atoms with Crippen LogP contribution in [0.25, 0.3) is 0 Å². The molecule has 128 valence electrons. The largest absolute Gasteiger partial charge is 0.289 e. The van der Waals surface area contributed by atoms with E-state index in [1.807, 2.05) is 30.3 Å². The summed E-state index contributed by atoms with van der Waals surface area (Å²) in [6, 6.07) is 9.88. The zero-order chi connectivity index (χ0) is 16.7. The summed E-state index contributed by atoms with van der Waals surface area (Å²) < 4.78 is 24.9. The Morgan fingerprint density at radius 2 is 1.87 bits per heavy atom. The van der Waals surface area contributed by atoms with Crippen molar-refractivity contribution < 1.29 is 18.4 Å². The van der Waals surface area contributed by atoms with Gasteiger partial charge < -0.3 is 0 Å². The minimum absolute atomic E-state index is 0.168. The summed E-state index contributed by atoms with van der Waals surface area (Å²) >= 11 is 0. The summed E-state index contributed by atoms with van der Waals surface area (Å²) in [6.07, 6.45) is 5.22. The molecule has 2 rings (SSSR count). The van der Waals surface area contributed by atoms with Gasteiger partial charge in [0.2, 0.25) is 5.91 Å². The van der Waals surface area contributed by atoms with Gasteiger partial charge in [-0.1, -0.05) is 43.2 Å². The molecule has 1 unspecified atom stereocenters. The van der Waals surface area contributed by atoms with E-state index in [2.05, 4.69) is 0 Å². The highest BCUT2D eigenvalue weighted by Gasteiger charge is 2.33. The number of aryl methyl sites for hydroxylation is 1. The predicted octanol–water partition coefficient (Wildman–Crippen LogP) is 2.49. The van der Waals surface area contributed by atoms with E-state index in [0.29, 0.717) is 25.7 Å². The zero-order valence-corrected chi connectivity index (χ0v) is 14.1. The maximum Gasteiger partial charge on any atom is 0.247 e. The number of carbonyl (C=O) groups excluding carboxylic acids is 1. The molecular weight excluding hydrogens is 314 g/mol. The molecule has 0 aliphatic heterocycles. The Balaban J connectivity index is 1.92. The van der Waals surface area contributed by atoms with Crippen molar-refractivity contribution in [2.45, 2.75) is 50.2 Å². The van der Waals surface area contributed by atoms with E-state index in [9.17, 15) is 13.2 Å². The van der Waals surface area contributed by atoms with Gasteiger partial charge in [0.15, 0.2) is 9.84 Å². The lowest BCUT2D eigenvalue weighted by atomic mass is 10.0. The summed E-state index contributed by atoms with van der Waals surface area (Å²) in [7, 11) is -3.28. The minimum atomic E-state index is -3.28. The molecule has 0 radical (unpaired) electrons. The van der Waals surface area contributed by atoms with E-state index >= 15 is 0 Å². The van der Waals surface area contributed by atoms with Crippen molar-refractivity contribution in [3.63, 3.8) is 0 Å². The number of hydrogen-bond acceptors (Lipinski definition) is 4. The first-order chi connectivity index (χ1) is 11.0. The highest BCUT2D eigenvalue weighted by Crippen LogP contribution is 2.27. The second-order valence-electron chi connectivity index (χ2n) is 6.29. The molecule has 5 nitrogen and oxygen atoms in total. The lowest BCUT2D eigenvalue weighted by Gasteiger charge is -2.18. The summed E-state index contributed by atoms with van der Waals surface area (Å²) in [5.41, 5.74) is 2.78. The molecule has 0 bridgehead atoms. The predicted molar refractivity (Wildman–Crippen MR) is 88.8 cm³/mol. The zero-order valence-electron chi connectivity index (χ0n) is 13.3. The average Bonchev–Trinajstić information content (AvgIpc) is 3.09. The molecule has 1 aliphatic carbocycles. The van der Waals surface area contributed by atoms with E-state index in [1.165, 1.54) is 0 Å². The van der Waals surface area contributed by atoms with Crippen LogP contribution in [0.5, 0.6) is 0 Å². The van der Waals surface area contributed by atoms with Gasteiger partial charge in [-0.05, 0) is 37.7 Å². The SMILES string of the molecule is O=C(NO)C(CCCc1ccccc1)CS(=O)(=O)C1CCCC1. The first kappa shape index (κ1) is 17.9. The number of benzene rings is 1. The highest BCUT2D eigenvalue weighted by molar-refractivity contribution is 7.92. The summed E-state index contributed by atoms with van der Waals surface area (Å²) in [5, 5.41) is 8.58. The first-order valence-corrected chi connectivity index (χ1v) is 9.94. The lowest BCUT2D eigenvalue weighted by Crippen LogP contribution is -2.35. The molecule has 1 aliphatic rings. The van der Waals surface area contributed by atoms with Crippen molar-refractivity contribution in [2.75, 3.05) is 5.75 Å². The van der Waals surface area contributed by atoms with Crippen LogP contribution in [-0.4, -0.2) is 30.5 Å². The molecule has 2 N–H and O–H groups in total. The number of hydroxylamine groups is 1. The van der Waals surface area contributed by atoms with Crippen LogP contribution < -0.4 is 5.48 Å². The topological polar surface area (TPSA) is 83.5 Å². The third-order valence-corrected chi connectivity index (χ3v) is 6.94. The quantitative estimate of drug-likeness (QED) is 0.563. The first-order valence-electron chi connectivity index (χ1n) is 8.22. The Kier molecular flexibility index (Phi) is 6.59. The number of amides is 1. The fraction of sp³-hybridized carbons (Fsp3) is 0.588. The van der Waals surface area contributed by atoms with Crippen LogP contribution in [0.4, 0.5) is 0 Å². The van der Waals surface area contributed by atoms with Gasteiger partial charge in [0.1, 0.15) is 0 Å². The number of carbonyl (C=O) groups is 1. The van der Waals surface area contributed by atoms with Crippen molar-refractivity contribution in [3.8, 4) is 0 Å².